The summed E-state index contributed by atoms with van der Waals surface area (Å²) in [7, 11) is -1.01. The second kappa shape index (κ2) is 8.72. The van der Waals surface area contributed by atoms with E-state index < -0.39 is 16.6 Å². The summed E-state index contributed by atoms with van der Waals surface area (Å²) >= 11 is 0. The van der Waals surface area contributed by atoms with Gasteiger partial charge in [-0.05, 0) is 42.3 Å². The number of carbonyl (C=O) groups is 1. The molecule has 5 nitrogen and oxygen atoms in total. The third-order valence-corrected chi connectivity index (χ3v) is 15.7. The number of ether oxygens (including phenoxy) is 2. The molecule has 3 atom stereocenters. The highest BCUT2D eigenvalue weighted by molar-refractivity contribution is 6.74. The normalized spacial score (nSPS) is 24.7. The maximum atomic E-state index is 12.4. The van der Waals surface area contributed by atoms with Crippen LogP contribution in [0.2, 0.25) is 36.3 Å². The minimum atomic E-state index is -2.07. The van der Waals surface area contributed by atoms with Crippen LogP contribution in [0.15, 0.2) is 11.6 Å². The molecule has 1 aliphatic rings. The molecule has 0 amide bonds. The molecule has 0 fully saturated rings. The van der Waals surface area contributed by atoms with Gasteiger partial charge in [-0.25, -0.2) is 4.79 Å². The smallest absolute Gasteiger partial charge is 0.333 e. The molecule has 0 aromatic heterocycles. The zero-order valence-corrected chi connectivity index (χ0v) is 22.1. The van der Waals surface area contributed by atoms with Crippen LogP contribution in [0.5, 0.6) is 0 Å². The van der Waals surface area contributed by atoms with Gasteiger partial charge in [0.05, 0.1) is 19.3 Å². The third-order valence-electron chi connectivity index (χ3n) is 6.69. The second-order valence-electron chi connectivity index (χ2n) is 10.8. The van der Waals surface area contributed by atoms with Crippen LogP contribution in [0.25, 0.3) is 0 Å². The first-order chi connectivity index (χ1) is 12.5. The van der Waals surface area contributed by atoms with Crippen LogP contribution in [-0.4, -0.2) is 55.1 Å². The van der Waals surface area contributed by atoms with Gasteiger partial charge in [-0.1, -0.05) is 41.5 Å². The summed E-state index contributed by atoms with van der Waals surface area (Å²) in [6.45, 7) is 22.1. The van der Waals surface area contributed by atoms with E-state index in [2.05, 4.69) is 67.7 Å². The lowest BCUT2D eigenvalue weighted by molar-refractivity contribution is -0.137. The Morgan fingerprint density at radius 1 is 0.929 bits per heavy atom. The van der Waals surface area contributed by atoms with E-state index in [0.717, 1.165) is 0 Å². The Morgan fingerprint density at radius 2 is 1.39 bits per heavy atom. The fraction of sp³-hybridized carbons (Fsp3) is 0.857. The van der Waals surface area contributed by atoms with Crippen molar-refractivity contribution >= 4 is 22.6 Å². The third kappa shape index (κ3) is 5.78. The van der Waals surface area contributed by atoms with Crippen molar-refractivity contribution in [1.82, 2.24) is 0 Å². The Morgan fingerprint density at radius 3 is 1.79 bits per heavy atom. The van der Waals surface area contributed by atoms with Crippen LogP contribution < -0.4 is 0 Å². The number of methoxy groups -OCH3 is 2. The number of hydrogen-bond donors (Lipinski definition) is 0. The van der Waals surface area contributed by atoms with Gasteiger partial charge in [0, 0.05) is 19.1 Å². The van der Waals surface area contributed by atoms with Crippen LogP contribution in [0.3, 0.4) is 0 Å². The van der Waals surface area contributed by atoms with E-state index in [0.29, 0.717) is 12.0 Å². The molecule has 0 bridgehead atoms. The maximum Gasteiger partial charge on any atom is 0.333 e. The van der Waals surface area contributed by atoms with Gasteiger partial charge in [-0.2, -0.15) is 0 Å². The molecule has 0 aromatic carbocycles. The van der Waals surface area contributed by atoms with Gasteiger partial charge >= 0.3 is 5.97 Å². The summed E-state index contributed by atoms with van der Waals surface area (Å²) in [5.74, 6) is -0.317. The quantitative estimate of drug-likeness (QED) is 0.423. The van der Waals surface area contributed by atoms with Crippen LogP contribution in [0.4, 0.5) is 0 Å². The Bertz CT molecular complexity index is 585. The van der Waals surface area contributed by atoms with Gasteiger partial charge in [-0.3, -0.25) is 0 Å². The van der Waals surface area contributed by atoms with Crippen molar-refractivity contribution in [2.24, 2.45) is 0 Å². The lowest BCUT2D eigenvalue weighted by Gasteiger charge is -2.46. The van der Waals surface area contributed by atoms with Gasteiger partial charge in [0.25, 0.3) is 0 Å². The van der Waals surface area contributed by atoms with Crippen LogP contribution in [0, 0.1) is 0 Å². The molecule has 0 saturated carbocycles. The monoisotopic (exact) mass is 430 g/mol. The first-order valence-electron chi connectivity index (χ1n) is 10.1. The number of rotatable bonds is 6. The Balaban J connectivity index is 3.30. The van der Waals surface area contributed by atoms with E-state index >= 15 is 0 Å². The molecule has 0 saturated heterocycles. The van der Waals surface area contributed by atoms with E-state index in [1.807, 2.05) is 6.08 Å². The molecular formula is C21H42O5Si2. The maximum absolute atomic E-state index is 12.4. The van der Waals surface area contributed by atoms with E-state index in [1.165, 1.54) is 7.11 Å². The highest BCUT2D eigenvalue weighted by atomic mass is 28.4. The molecule has 0 radical (unpaired) electrons. The lowest BCUT2D eigenvalue weighted by atomic mass is 9.92. The van der Waals surface area contributed by atoms with Gasteiger partial charge < -0.3 is 18.3 Å². The number of carbonyl (C=O) groups excluding carboxylic acids is 1. The largest absolute Gasteiger partial charge is 0.466 e. The van der Waals surface area contributed by atoms with Gasteiger partial charge in [0.15, 0.2) is 16.6 Å². The summed E-state index contributed by atoms with van der Waals surface area (Å²) in [4.78, 5) is 12.4. The van der Waals surface area contributed by atoms with Crippen LogP contribution >= 0.6 is 0 Å². The average Bonchev–Trinajstić information content (AvgIpc) is 2.50. The Kier molecular flexibility index (Phi) is 7.96. The van der Waals surface area contributed by atoms with Crippen molar-refractivity contribution in [2.75, 3.05) is 14.2 Å². The molecule has 28 heavy (non-hydrogen) atoms. The predicted molar refractivity (Wildman–Crippen MR) is 120 cm³/mol. The van der Waals surface area contributed by atoms with Crippen molar-refractivity contribution in [3.63, 3.8) is 0 Å². The van der Waals surface area contributed by atoms with E-state index in [4.69, 9.17) is 18.3 Å². The standard InChI is InChI=1S/C21H42O5Si2/c1-20(2,3)27(9,10)25-16-13-15(19(22)24-8)14-17(18(16)23-7)26-28(11,12)21(4,5)6/h13,16-18H,14H2,1-12H3/t16-,17-,18-/m1/s1. The predicted octanol–water partition coefficient (Wildman–Crippen LogP) is 5.29. The summed E-state index contributed by atoms with van der Waals surface area (Å²) in [5, 5.41) is 0.117. The van der Waals surface area contributed by atoms with Crippen molar-refractivity contribution in [2.45, 2.75) is 103 Å². The molecule has 0 aliphatic heterocycles. The average molecular weight is 431 g/mol. The van der Waals surface area contributed by atoms with Gasteiger partial charge in [-0.15, -0.1) is 0 Å². The first kappa shape index (κ1) is 25.6. The molecule has 0 unspecified atom stereocenters. The minimum Gasteiger partial charge on any atom is -0.466 e. The van der Waals surface area contributed by atoms with Gasteiger partial charge in [0.1, 0.15) is 6.10 Å². The highest BCUT2D eigenvalue weighted by Gasteiger charge is 2.47. The first-order valence-corrected chi connectivity index (χ1v) is 16.0. The molecule has 0 aromatic rings. The molecule has 7 heteroatoms. The van der Waals surface area contributed by atoms with E-state index in [-0.39, 0.29) is 34.4 Å². The minimum absolute atomic E-state index is 0.0534. The summed E-state index contributed by atoms with van der Waals surface area (Å²) < 4.78 is 24.3. The lowest BCUT2D eigenvalue weighted by Crippen LogP contribution is -2.55. The number of esters is 1. The summed E-state index contributed by atoms with van der Waals surface area (Å²) in [5.41, 5.74) is 0.614. The molecule has 0 spiro atoms. The fourth-order valence-corrected chi connectivity index (χ4v) is 5.32. The molecule has 0 N–H and O–H groups in total. The van der Waals surface area contributed by atoms with Crippen LogP contribution in [0.1, 0.15) is 48.0 Å². The van der Waals surface area contributed by atoms with Crippen LogP contribution in [-0.2, 0) is 23.1 Å². The summed E-state index contributed by atoms with van der Waals surface area (Å²) in [6.07, 6.45) is 1.56. The van der Waals surface area contributed by atoms with Crippen molar-refractivity contribution in [3.8, 4) is 0 Å². The van der Waals surface area contributed by atoms with Gasteiger partial charge in [0.2, 0.25) is 0 Å². The van der Waals surface area contributed by atoms with Crippen molar-refractivity contribution < 1.29 is 23.1 Å². The molecule has 164 valence electrons. The zero-order valence-electron chi connectivity index (χ0n) is 20.1. The molecular weight excluding hydrogens is 388 g/mol. The SMILES string of the molecule is COC(=O)C1=C[C@@H](O[Si](C)(C)C(C)(C)C)[C@@H](OC)[C@H](O[Si](C)(C)C(C)(C)C)C1. The van der Waals surface area contributed by atoms with Crippen molar-refractivity contribution in [1.29, 1.82) is 0 Å². The number of hydrogen-bond acceptors (Lipinski definition) is 5. The second-order valence-corrected chi connectivity index (χ2v) is 20.4. The Hall–Kier alpha value is -0.476. The van der Waals surface area contributed by atoms with Crippen molar-refractivity contribution in [3.05, 3.63) is 11.6 Å². The fourth-order valence-electron chi connectivity index (χ4n) is 2.76. The van der Waals surface area contributed by atoms with E-state index in [1.54, 1.807) is 7.11 Å². The zero-order chi connectivity index (χ0) is 22.1. The summed E-state index contributed by atoms with van der Waals surface area (Å²) in [6, 6.07) is 0. The topological polar surface area (TPSA) is 54.0 Å². The molecule has 1 aliphatic carbocycles. The van der Waals surface area contributed by atoms with E-state index in [9.17, 15) is 4.79 Å². The molecule has 0 heterocycles. The molecule has 1 rings (SSSR count). The highest BCUT2D eigenvalue weighted by Crippen LogP contribution is 2.42. The Labute approximate surface area is 174 Å².